The van der Waals surface area contributed by atoms with Crippen LogP contribution in [0.15, 0.2) is 24.3 Å². The largest absolute Gasteiger partial charge is 0.300 e. The summed E-state index contributed by atoms with van der Waals surface area (Å²) in [5.74, 6) is 0.801. The molecular weight excluding hydrogens is 364 g/mol. The van der Waals surface area contributed by atoms with Crippen LogP contribution in [0.25, 0.3) is 10.6 Å². The number of unbranched alkanes of at least 4 members (excludes halogenated alkanes) is 1. The van der Waals surface area contributed by atoms with Gasteiger partial charge in [-0.3, -0.25) is 14.9 Å². The standard InChI is InChI=1S/C19H24N4O3S/c1-2-3-5-13-8-10-14(11-9-13)17(24)20-19-22-21-18(27-19)15-6-4-7-16(12-15)23(25)26/h4,6-7,12-14H,2-3,5,8-11H2,1H3,(H,20,22,24). The van der Waals surface area contributed by atoms with Crippen molar-refractivity contribution in [3.05, 3.63) is 34.4 Å². The van der Waals surface area contributed by atoms with Crippen LogP contribution < -0.4 is 5.32 Å². The number of hydrogen-bond donors (Lipinski definition) is 1. The first-order chi connectivity index (χ1) is 13.1. The molecule has 27 heavy (non-hydrogen) atoms. The van der Waals surface area contributed by atoms with Crippen LogP contribution in [0.3, 0.4) is 0 Å². The third-order valence-electron chi connectivity index (χ3n) is 5.14. The highest BCUT2D eigenvalue weighted by Crippen LogP contribution is 2.33. The highest BCUT2D eigenvalue weighted by atomic mass is 32.1. The van der Waals surface area contributed by atoms with Crippen molar-refractivity contribution in [2.24, 2.45) is 11.8 Å². The lowest BCUT2D eigenvalue weighted by Crippen LogP contribution is -2.27. The predicted octanol–water partition coefficient (Wildman–Crippen LogP) is 5.05. The minimum absolute atomic E-state index is 0.00526. The van der Waals surface area contributed by atoms with Crippen molar-refractivity contribution in [3.63, 3.8) is 0 Å². The molecule has 1 amide bonds. The summed E-state index contributed by atoms with van der Waals surface area (Å²) in [6, 6.07) is 6.26. The Morgan fingerprint density at radius 3 is 2.78 bits per heavy atom. The van der Waals surface area contributed by atoms with Gasteiger partial charge in [0.05, 0.1) is 4.92 Å². The minimum Gasteiger partial charge on any atom is -0.300 e. The lowest BCUT2D eigenvalue weighted by molar-refractivity contribution is -0.384. The molecule has 2 aromatic rings. The number of nitro groups is 1. The van der Waals surface area contributed by atoms with Gasteiger partial charge in [-0.15, -0.1) is 10.2 Å². The smallest absolute Gasteiger partial charge is 0.270 e. The Morgan fingerprint density at radius 1 is 1.30 bits per heavy atom. The van der Waals surface area contributed by atoms with Gasteiger partial charge in [-0.2, -0.15) is 0 Å². The quantitative estimate of drug-likeness (QED) is 0.529. The Kier molecular flexibility index (Phi) is 6.49. The number of benzene rings is 1. The summed E-state index contributed by atoms with van der Waals surface area (Å²) < 4.78 is 0. The van der Waals surface area contributed by atoms with Gasteiger partial charge >= 0.3 is 0 Å². The van der Waals surface area contributed by atoms with Crippen LogP contribution in [-0.2, 0) is 4.79 Å². The minimum atomic E-state index is -0.440. The maximum absolute atomic E-state index is 12.5. The normalized spacial score (nSPS) is 19.6. The maximum Gasteiger partial charge on any atom is 0.270 e. The molecule has 0 unspecified atom stereocenters. The molecule has 1 aliphatic rings. The molecule has 0 atom stereocenters. The van der Waals surface area contributed by atoms with Gasteiger partial charge in [0.15, 0.2) is 0 Å². The number of carbonyl (C=O) groups excluding carboxylic acids is 1. The molecule has 1 aliphatic carbocycles. The fourth-order valence-electron chi connectivity index (χ4n) is 3.56. The number of hydrogen-bond acceptors (Lipinski definition) is 6. The fourth-order valence-corrected chi connectivity index (χ4v) is 4.30. The van der Waals surface area contributed by atoms with E-state index in [2.05, 4.69) is 22.4 Å². The molecular formula is C19H24N4O3S. The van der Waals surface area contributed by atoms with Crippen LogP contribution in [0.1, 0.15) is 51.9 Å². The first kappa shape index (κ1) is 19.4. The summed E-state index contributed by atoms with van der Waals surface area (Å²) in [5, 5.41) is 22.9. The molecule has 1 aromatic heterocycles. The highest BCUT2D eigenvalue weighted by Gasteiger charge is 2.26. The van der Waals surface area contributed by atoms with Crippen molar-refractivity contribution in [2.45, 2.75) is 51.9 Å². The van der Waals surface area contributed by atoms with Crippen LogP contribution in [-0.4, -0.2) is 21.0 Å². The lowest BCUT2D eigenvalue weighted by atomic mass is 9.79. The zero-order chi connectivity index (χ0) is 19.2. The topological polar surface area (TPSA) is 98.0 Å². The Balaban J connectivity index is 1.57. The van der Waals surface area contributed by atoms with Gasteiger partial charge in [0.1, 0.15) is 5.01 Å². The number of aromatic nitrogens is 2. The molecule has 0 bridgehead atoms. The van der Waals surface area contributed by atoms with E-state index in [1.807, 2.05) is 0 Å². The molecule has 0 saturated heterocycles. The number of amides is 1. The molecule has 8 heteroatoms. The fraction of sp³-hybridized carbons (Fsp3) is 0.526. The van der Waals surface area contributed by atoms with E-state index in [-0.39, 0.29) is 17.5 Å². The van der Waals surface area contributed by atoms with Crippen LogP contribution in [0.5, 0.6) is 0 Å². The summed E-state index contributed by atoms with van der Waals surface area (Å²) in [4.78, 5) is 23.0. The number of nitrogens with one attached hydrogen (secondary N) is 1. The predicted molar refractivity (Wildman–Crippen MR) is 106 cm³/mol. The first-order valence-corrected chi connectivity index (χ1v) is 10.3. The number of anilines is 1. The van der Waals surface area contributed by atoms with Gasteiger partial charge in [-0.25, -0.2) is 0 Å². The molecule has 144 valence electrons. The molecule has 1 heterocycles. The average molecular weight is 388 g/mol. The SMILES string of the molecule is CCCCC1CCC(C(=O)Nc2nnc(-c3cccc([N+](=O)[O-])c3)s2)CC1. The van der Waals surface area contributed by atoms with Crippen LogP contribution in [0.4, 0.5) is 10.8 Å². The van der Waals surface area contributed by atoms with E-state index in [1.165, 1.54) is 42.7 Å². The van der Waals surface area contributed by atoms with Gasteiger partial charge in [0.25, 0.3) is 5.69 Å². The Hall–Kier alpha value is -2.35. The Bertz CT molecular complexity index is 800. The van der Waals surface area contributed by atoms with Gasteiger partial charge in [-0.1, -0.05) is 49.7 Å². The first-order valence-electron chi connectivity index (χ1n) is 9.46. The lowest BCUT2D eigenvalue weighted by Gasteiger charge is -2.27. The van der Waals surface area contributed by atoms with Gasteiger partial charge < -0.3 is 5.32 Å². The van der Waals surface area contributed by atoms with Crippen molar-refractivity contribution in [2.75, 3.05) is 5.32 Å². The average Bonchev–Trinajstić information content (AvgIpc) is 3.15. The van der Waals surface area contributed by atoms with E-state index >= 15 is 0 Å². The van der Waals surface area contributed by atoms with E-state index < -0.39 is 4.92 Å². The van der Waals surface area contributed by atoms with Crippen LogP contribution in [0.2, 0.25) is 0 Å². The molecule has 1 fully saturated rings. The van der Waals surface area contributed by atoms with Crippen molar-refractivity contribution in [1.82, 2.24) is 10.2 Å². The summed E-state index contributed by atoms with van der Waals surface area (Å²) in [6.07, 6.45) is 7.86. The molecule has 3 rings (SSSR count). The van der Waals surface area contributed by atoms with E-state index in [1.54, 1.807) is 12.1 Å². The number of nitro benzene ring substituents is 1. The van der Waals surface area contributed by atoms with Crippen LogP contribution >= 0.6 is 11.3 Å². The van der Waals surface area contributed by atoms with Crippen molar-refractivity contribution in [3.8, 4) is 10.6 Å². The zero-order valence-corrected chi connectivity index (χ0v) is 16.2. The molecule has 7 nitrogen and oxygen atoms in total. The van der Waals surface area contributed by atoms with E-state index in [4.69, 9.17) is 0 Å². The third kappa shape index (κ3) is 5.09. The second-order valence-corrected chi connectivity index (χ2v) is 8.05. The Labute approximate surface area is 162 Å². The third-order valence-corrected chi connectivity index (χ3v) is 6.03. The molecule has 0 radical (unpaired) electrons. The van der Waals surface area contributed by atoms with Gasteiger partial charge in [0.2, 0.25) is 11.0 Å². The molecule has 0 spiro atoms. The summed E-state index contributed by atoms with van der Waals surface area (Å²) in [7, 11) is 0. The van der Waals surface area contributed by atoms with Crippen molar-refractivity contribution in [1.29, 1.82) is 0 Å². The summed E-state index contributed by atoms with van der Waals surface area (Å²) >= 11 is 1.23. The highest BCUT2D eigenvalue weighted by molar-refractivity contribution is 7.18. The summed E-state index contributed by atoms with van der Waals surface area (Å²) in [5.41, 5.74) is 0.631. The number of carbonyl (C=O) groups is 1. The Morgan fingerprint density at radius 2 is 2.07 bits per heavy atom. The molecule has 1 saturated carbocycles. The number of nitrogens with zero attached hydrogens (tertiary/aromatic N) is 3. The second kappa shape index (κ2) is 9.03. The number of non-ortho nitro benzene ring substituents is 1. The van der Waals surface area contributed by atoms with Crippen molar-refractivity contribution >= 4 is 28.1 Å². The molecule has 0 aliphatic heterocycles. The van der Waals surface area contributed by atoms with Gasteiger partial charge in [-0.05, 0) is 31.6 Å². The van der Waals surface area contributed by atoms with Gasteiger partial charge in [0, 0.05) is 23.6 Å². The summed E-state index contributed by atoms with van der Waals surface area (Å²) in [6.45, 7) is 2.21. The van der Waals surface area contributed by atoms with Crippen LogP contribution in [0, 0.1) is 22.0 Å². The van der Waals surface area contributed by atoms with E-state index in [9.17, 15) is 14.9 Å². The van der Waals surface area contributed by atoms with Crippen molar-refractivity contribution < 1.29 is 9.72 Å². The maximum atomic E-state index is 12.5. The number of rotatable bonds is 7. The molecule has 1 N–H and O–H groups in total. The van der Waals surface area contributed by atoms with E-state index in [0.717, 1.165) is 31.6 Å². The van der Waals surface area contributed by atoms with E-state index in [0.29, 0.717) is 15.7 Å². The monoisotopic (exact) mass is 388 g/mol. The molecule has 1 aromatic carbocycles. The second-order valence-electron chi connectivity index (χ2n) is 7.07. The zero-order valence-electron chi connectivity index (χ0n) is 15.4.